The molecule has 0 aromatic heterocycles. The maximum absolute atomic E-state index is 14.2. The lowest BCUT2D eigenvalue weighted by molar-refractivity contribution is -0.139. The summed E-state index contributed by atoms with van der Waals surface area (Å²) in [7, 11) is 0. The van der Waals surface area contributed by atoms with Crippen LogP contribution in [0.3, 0.4) is 0 Å². The summed E-state index contributed by atoms with van der Waals surface area (Å²) in [6.07, 6.45) is 4.35. The molecule has 5 heteroatoms. The summed E-state index contributed by atoms with van der Waals surface area (Å²) in [4.78, 5) is 10.6. The molecule has 0 saturated heterocycles. The second-order valence-corrected chi connectivity index (χ2v) is 8.59. The molecule has 31 heavy (non-hydrogen) atoms. The van der Waals surface area contributed by atoms with Crippen LogP contribution in [-0.4, -0.2) is 17.7 Å². The number of carboxylic acid groups (broad SMARTS) is 1. The van der Waals surface area contributed by atoms with Crippen molar-refractivity contribution in [3.8, 4) is 5.75 Å². The van der Waals surface area contributed by atoms with E-state index in [0.717, 1.165) is 36.6 Å². The maximum atomic E-state index is 14.2. The highest BCUT2D eigenvalue weighted by atomic mass is 19.1. The van der Waals surface area contributed by atoms with E-state index in [1.54, 1.807) is 6.07 Å². The third kappa shape index (κ3) is 4.87. The molecule has 0 radical (unpaired) electrons. The lowest BCUT2D eigenvalue weighted by atomic mass is 9.86. The van der Waals surface area contributed by atoms with Crippen LogP contribution >= 0.6 is 0 Å². The highest BCUT2D eigenvalue weighted by Crippen LogP contribution is 2.43. The lowest BCUT2D eigenvalue weighted by Gasteiger charge is -2.19. The minimum absolute atomic E-state index is 0.254. The van der Waals surface area contributed by atoms with Crippen LogP contribution in [0.5, 0.6) is 5.75 Å². The Bertz CT molecular complexity index is 1080. The Balaban J connectivity index is 1.41. The van der Waals surface area contributed by atoms with Gasteiger partial charge in [-0.3, -0.25) is 0 Å². The van der Waals surface area contributed by atoms with Crippen LogP contribution in [0, 0.1) is 17.6 Å². The van der Waals surface area contributed by atoms with Gasteiger partial charge in [0.25, 0.3) is 0 Å². The van der Waals surface area contributed by atoms with Crippen molar-refractivity contribution in [3.05, 3.63) is 77.4 Å². The number of hydrogen-bond donors (Lipinski definition) is 1. The van der Waals surface area contributed by atoms with Gasteiger partial charge in [-0.05, 0) is 90.3 Å². The molecule has 0 spiro atoms. The molecular formula is C26H26F2O3. The summed E-state index contributed by atoms with van der Waals surface area (Å²) in [5, 5.41) is 9.85. The quantitative estimate of drug-likeness (QED) is 0.461. The van der Waals surface area contributed by atoms with Gasteiger partial charge in [0, 0.05) is 5.39 Å². The van der Waals surface area contributed by atoms with Crippen molar-refractivity contribution in [2.75, 3.05) is 6.61 Å². The monoisotopic (exact) mass is 424 g/mol. The fourth-order valence-corrected chi connectivity index (χ4v) is 4.94. The van der Waals surface area contributed by atoms with Crippen LogP contribution in [-0.2, 0) is 4.79 Å². The van der Waals surface area contributed by atoms with Crippen molar-refractivity contribution in [2.45, 2.75) is 44.4 Å². The van der Waals surface area contributed by atoms with E-state index < -0.39 is 11.8 Å². The highest BCUT2D eigenvalue weighted by Gasteiger charge is 2.28. The molecule has 3 nitrogen and oxygen atoms in total. The zero-order valence-corrected chi connectivity index (χ0v) is 17.5. The minimum Gasteiger partial charge on any atom is -0.482 e. The molecule has 1 saturated carbocycles. The summed E-state index contributed by atoms with van der Waals surface area (Å²) >= 11 is 0. The molecule has 0 aliphatic heterocycles. The first-order valence-electron chi connectivity index (χ1n) is 10.7. The Kier molecular flexibility index (Phi) is 6.21. The van der Waals surface area contributed by atoms with E-state index in [0.29, 0.717) is 23.0 Å². The van der Waals surface area contributed by atoms with Gasteiger partial charge in [-0.15, -0.1) is 0 Å². The van der Waals surface area contributed by atoms with E-state index in [1.165, 1.54) is 23.8 Å². The number of rotatable bonds is 7. The molecule has 1 aliphatic rings. The van der Waals surface area contributed by atoms with Gasteiger partial charge < -0.3 is 9.84 Å². The van der Waals surface area contributed by atoms with Gasteiger partial charge in [-0.2, -0.15) is 0 Å². The summed E-state index contributed by atoms with van der Waals surface area (Å²) in [6.45, 7) is 1.82. The van der Waals surface area contributed by atoms with Gasteiger partial charge >= 0.3 is 5.97 Å². The number of fused-ring (bicyclic) bond motifs is 1. The first-order valence-corrected chi connectivity index (χ1v) is 10.7. The van der Waals surface area contributed by atoms with Crippen LogP contribution < -0.4 is 4.74 Å². The number of halogens is 2. The molecule has 1 aliphatic carbocycles. The van der Waals surface area contributed by atoms with Crippen molar-refractivity contribution < 1.29 is 23.4 Å². The Labute approximate surface area is 180 Å². The maximum Gasteiger partial charge on any atom is 0.341 e. The average molecular weight is 424 g/mol. The number of benzene rings is 3. The second-order valence-electron chi connectivity index (χ2n) is 8.59. The van der Waals surface area contributed by atoms with Crippen molar-refractivity contribution in [1.29, 1.82) is 0 Å². The van der Waals surface area contributed by atoms with E-state index in [-0.39, 0.29) is 18.3 Å². The summed E-state index contributed by atoms with van der Waals surface area (Å²) in [6, 6.07) is 15.3. The number of hydrogen-bond acceptors (Lipinski definition) is 2. The van der Waals surface area contributed by atoms with Crippen molar-refractivity contribution in [3.63, 3.8) is 0 Å². The van der Waals surface area contributed by atoms with Crippen LogP contribution in [0.15, 0.2) is 54.6 Å². The van der Waals surface area contributed by atoms with Crippen molar-refractivity contribution in [2.24, 2.45) is 5.92 Å². The largest absolute Gasteiger partial charge is 0.482 e. The molecule has 3 aromatic carbocycles. The summed E-state index contributed by atoms with van der Waals surface area (Å²) in [5.74, 6) is 0.0681. The van der Waals surface area contributed by atoms with Gasteiger partial charge in [0.05, 0.1) is 0 Å². The third-order valence-corrected chi connectivity index (χ3v) is 6.43. The molecule has 2 unspecified atom stereocenters. The predicted molar refractivity (Wildman–Crippen MR) is 117 cm³/mol. The lowest BCUT2D eigenvalue weighted by Crippen LogP contribution is -2.09. The molecule has 4 rings (SSSR count). The van der Waals surface area contributed by atoms with Gasteiger partial charge in [0.15, 0.2) is 6.61 Å². The molecule has 0 bridgehead atoms. The normalized spacial score (nSPS) is 19.5. The molecular weight excluding hydrogens is 398 g/mol. The molecule has 0 amide bonds. The SMILES string of the molecule is C[C@@H](CC1CCC(c2ccc(OCC(=O)O)cc2)C1)c1ccc(F)c2cc(F)ccc12. The van der Waals surface area contributed by atoms with Crippen LogP contribution in [0.2, 0.25) is 0 Å². The molecule has 1 N–H and O–H groups in total. The number of carbonyl (C=O) groups is 1. The third-order valence-electron chi connectivity index (χ3n) is 6.43. The van der Waals surface area contributed by atoms with E-state index in [2.05, 4.69) is 6.92 Å². The molecule has 162 valence electrons. The fourth-order valence-electron chi connectivity index (χ4n) is 4.94. The van der Waals surface area contributed by atoms with Crippen LogP contribution in [0.25, 0.3) is 10.8 Å². The Morgan fingerprint density at radius 1 is 1.06 bits per heavy atom. The van der Waals surface area contributed by atoms with E-state index in [1.807, 2.05) is 30.3 Å². The zero-order chi connectivity index (χ0) is 22.0. The first-order chi connectivity index (χ1) is 14.9. The minimum atomic E-state index is -0.990. The van der Waals surface area contributed by atoms with E-state index in [9.17, 15) is 13.6 Å². The fraction of sp³-hybridized carbons (Fsp3) is 0.346. The first kappa shape index (κ1) is 21.3. The van der Waals surface area contributed by atoms with Crippen molar-refractivity contribution >= 4 is 16.7 Å². The van der Waals surface area contributed by atoms with E-state index >= 15 is 0 Å². The number of ether oxygens (including phenoxy) is 1. The second kappa shape index (κ2) is 9.04. The number of aliphatic carboxylic acids is 1. The highest BCUT2D eigenvalue weighted by molar-refractivity contribution is 5.86. The Hall–Kier alpha value is -2.95. The topological polar surface area (TPSA) is 46.5 Å². The smallest absolute Gasteiger partial charge is 0.341 e. The Morgan fingerprint density at radius 3 is 2.58 bits per heavy atom. The van der Waals surface area contributed by atoms with Gasteiger partial charge in [0.2, 0.25) is 0 Å². The predicted octanol–water partition coefficient (Wildman–Crippen LogP) is 6.66. The van der Waals surface area contributed by atoms with Gasteiger partial charge in [-0.1, -0.05) is 31.2 Å². The molecule has 3 atom stereocenters. The zero-order valence-electron chi connectivity index (χ0n) is 17.5. The van der Waals surface area contributed by atoms with Crippen LogP contribution in [0.4, 0.5) is 8.78 Å². The average Bonchev–Trinajstić information content (AvgIpc) is 3.21. The van der Waals surface area contributed by atoms with Crippen molar-refractivity contribution in [1.82, 2.24) is 0 Å². The Morgan fingerprint density at radius 2 is 1.84 bits per heavy atom. The standard InChI is InChI=1S/C26H26F2O3/c1-16(22-10-11-25(28)24-14-20(27)6-9-23(22)24)12-17-2-3-19(13-17)18-4-7-21(8-5-18)31-15-26(29)30/h4-11,14,16-17,19H,2-3,12-13,15H2,1H3,(H,29,30)/t16-,17?,19?/m0/s1. The molecule has 1 fully saturated rings. The summed E-state index contributed by atoms with van der Waals surface area (Å²) in [5.41, 5.74) is 2.32. The number of carboxylic acids is 1. The van der Waals surface area contributed by atoms with E-state index in [4.69, 9.17) is 9.84 Å². The molecule has 0 heterocycles. The van der Waals surface area contributed by atoms with Crippen LogP contribution in [0.1, 0.15) is 55.6 Å². The molecule has 3 aromatic rings. The van der Waals surface area contributed by atoms with Gasteiger partial charge in [0.1, 0.15) is 17.4 Å². The van der Waals surface area contributed by atoms with Gasteiger partial charge in [-0.25, -0.2) is 13.6 Å². The summed E-state index contributed by atoms with van der Waals surface area (Å²) < 4.78 is 33.0.